The molecular weight excluding hydrogens is 316 g/mol. The molecular formula is C20H24N2O3. The van der Waals surface area contributed by atoms with Crippen LogP contribution in [0.4, 0.5) is 5.69 Å². The van der Waals surface area contributed by atoms with Gasteiger partial charge in [-0.3, -0.25) is 9.59 Å². The maximum absolute atomic E-state index is 12.4. The minimum absolute atomic E-state index is 0.0792. The number of carbonyl (C=O) groups is 2. The molecule has 2 aromatic rings. The summed E-state index contributed by atoms with van der Waals surface area (Å²) in [4.78, 5) is 24.7. The van der Waals surface area contributed by atoms with Crippen molar-refractivity contribution < 1.29 is 14.3 Å². The molecule has 1 atom stereocenters. The van der Waals surface area contributed by atoms with E-state index in [1.807, 2.05) is 38.1 Å². The van der Waals surface area contributed by atoms with Crippen LogP contribution >= 0.6 is 0 Å². The van der Waals surface area contributed by atoms with Gasteiger partial charge in [-0.05, 0) is 43.2 Å². The van der Waals surface area contributed by atoms with Gasteiger partial charge >= 0.3 is 0 Å². The number of anilines is 1. The highest BCUT2D eigenvalue weighted by atomic mass is 16.5. The zero-order valence-corrected chi connectivity index (χ0v) is 14.8. The van der Waals surface area contributed by atoms with E-state index in [0.29, 0.717) is 11.3 Å². The van der Waals surface area contributed by atoms with E-state index in [2.05, 4.69) is 10.6 Å². The van der Waals surface area contributed by atoms with E-state index < -0.39 is 0 Å². The topological polar surface area (TPSA) is 67.4 Å². The van der Waals surface area contributed by atoms with Crippen LogP contribution in [-0.4, -0.2) is 25.0 Å². The number of ether oxygens (including phenoxy) is 1. The SMILES string of the molecule is CC[C@@H](C)NC(=O)c1ccccc1NC(=O)Cc1ccc(OC)cc1. The highest BCUT2D eigenvalue weighted by Gasteiger charge is 2.14. The second-order valence-corrected chi connectivity index (χ2v) is 5.90. The van der Waals surface area contributed by atoms with Crippen molar-refractivity contribution in [3.63, 3.8) is 0 Å². The van der Waals surface area contributed by atoms with Crippen molar-refractivity contribution in [3.05, 3.63) is 59.7 Å². The zero-order valence-electron chi connectivity index (χ0n) is 14.8. The number of benzene rings is 2. The fourth-order valence-corrected chi connectivity index (χ4v) is 2.32. The summed E-state index contributed by atoms with van der Waals surface area (Å²) in [5.74, 6) is 0.389. The third kappa shape index (κ3) is 5.35. The predicted octanol–water partition coefficient (Wildman–Crippen LogP) is 3.40. The van der Waals surface area contributed by atoms with Crippen molar-refractivity contribution in [1.82, 2.24) is 5.32 Å². The molecule has 0 saturated heterocycles. The normalized spacial score (nSPS) is 11.5. The van der Waals surface area contributed by atoms with E-state index in [4.69, 9.17) is 4.74 Å². The molecule has 0 fully saturated rings. The molecule has 132 valence electrons. The number of hydrogen-bond donors (Lipinski definition) is 2. The lowest BCUT2D eigenvalue weighted by atomic mass is 10.1. The first-order chi connectivity index (χ1) is 12.0. The van der Waals surface area contributed by atoms with Gasteiger partial charge < -0.3 is 15.4 Å². The summed E-state index contributed by atoms with van der Waals surface area (Å²) in [7, 11) is 1.60. The Kier molecular flexibility index (Phi) is 6.57. The Morgan fingerprint density at radius 3 is 2.40 bits per heavy atom. The Balaban J connectivity index is 2.06. The van der Waals surface area contributed by atoms with E-state index >= 15 is 0 Å². The first kappa shape index (κ1) is 18.5. The van der Waals surface area contributed by atoms with Crippen LogP contribution in [0.15, 0.2) is 48.5 Å². The van der Waals surface area contributed by atoms with E-state index in [-0.39, 0.29) is 24.3 Å². The Labute approximate surface area is 148 Å². The predicted molar refractivity (Wildman–Crippen MR) is 99.0 cm³/mol. The fourth-order valence-electron chi connectivity index (χ4n) is 2.32. The molecule has 0 aliphatic heterocycles. The van der Waals surface area contributed by atoms with Crippen molar-refractivity contribution >= 4 is 17.5 Å². The first-order valence-electron chi connectivity index (χ1n) is 8.36. The van der Waals surface area contributed by atoms with Crippen molar-refractivity contribution in [2.75, 3.05) is 12.4 Å². The van der Waals surface area contributed by atoms with Gasteiger partial charge in [-0.1, -0.05) is 31.2 Å². The Bertz CT molecular complexity index is 726. The average molecular weight is 340 g/mol. The number of rotatable bonds is 7. The van der Waals surface area contributed by atoms with Gasteiger partial charge in [0.2, 0.25) is 5.91 Å². The summed E-state index contributed by atoms with van der Waals surface area (Å²) in [6, 6.07) is 14.4. The first-order valence-corrected chi connectivity index (χ1v) is 8.36. The molecule has 2 aromatic carbocycles. The highest BCUT2D eigenvalue weighted by Crippen LogP contribution is 2.17. The molecule has 25 heavy (non-hydrogen) atoms. The Morgan fingerprint density at radius 2 is 1.76 bits per heavy atom. The molecule has 0 radical (unpaired) electrons. The quantitative estimate of drug-likeness (QED) is 0.812. The van der Waals surface area contributed by atoms with E-state index in [0.717, 1.165) is 17.7 Å². The summed E-state index contributed by atoms with van der Waals surface area (Å²) >= 11 is 0. The second-order valence-electron chi connectivity index (χ2n) is 5.90. The maximum Gasteiger partial charge on any atom is 0.253 e. The van der Waals surface area contributed by atoms with Crippen LogP contribution < -0.4 is 15.4 Å². The standard InChI is InChI=1S/C20H24N2O3/c1-4-14(2)21-20(24)17-7-5-6-8-18(17)22-19(23)13-15-9-11-16(25-3)12-10-15/h5-12,14H,4,13H2,1-3H3,(H,21,24)(H,22,23)/t14-/m1/s1. The van der Waals surface area contributed by atoms with Gasteiger partial charge in [0.05, 0.1) is 24.8 Å². The summed E-state index contributed by atoms with van der Waals surface area (Å²) < 4.78 is 5.11. The lowest BCUT2D eigenvalue weighted by molar-refractivity contribution is -0.115. The van der Waals surface area contributed by atoms with Gasteiger partial charge in [-0.25, -0.2) is 0 Å². The lowest BCUT2D eigenvalue weighted by Crippen LogP contribution is -2.32. The van der Waals surface area contributed by atoms with Crippen molar-refractivity contribution in [2.45, 2.75) is 32.7 Å². The van der Waals surface area contributed by atoms with Crippen molar-refractivity contribution in [1.29, 1.82) is 0 Å². The summed E-state index contributed by atoms with van der Waals surface area (Å²) in [6.45, 7) is 3.95. The minimum atomic E-state index is -0.185. The third-order valence-corrected chi connectivity index (χ3v) is 3.96. The number of nitrogens with one attached hydrogen (secondary N) is 2. The molecule has 2 N–H and O–H groups in total. The van der Waals surface area contributed by atoms with Gasteiger partial charge in [0.15, 0.2) is 0 Å². The maximum atomic E-state index is 12.4. The van der Waals surface area contributed by atoms with Gasteiger partial charge in [0.25, 0.3) is 5.91 Å². The largest absolute Gasteiger partial charge is 0.497 e. The van der Waals surface area contributed by atoms with E-state index in [9.17, 15) is 9.59 Å². The van der Waals surface area contributed by atoms with Crippen LogP contribution in [0.2, 0.25) is 0 Å². The molecule has 0 unspecified atom stereocenters. The molecule has 0 bridgehead atoms. The Hall–Kier alpha value is -2.82. The molecule has 0 saturated carbocycles. The molecule has 0 aromatic heterocycles. The fraction of sp³-hybridized carbons (Fsp3) is 0.300. The average Bonchev–Trinajstić information content (AvgIpc) is 2.62. The molecule has 5 nitrogen and oxygen atoms in total. The second kappa shape index (κ2) is 8.87. The number of amides is 2. The molecule has 0 heterocycles. The van der Waals surface area contributed by atoms with Gasteiger partial charge in [0.1, 0.15) is 5.75 Å². The van der Waals surface area contributed by atoms with E-state index in [1.54, 1.807) is 31.4 Å². The third-order valence-electron chi connectivity index (χ3n) is 3.96. The zero-order chi connectivity index (χ0) is 18.2. The van der Waals surface area contributed by atoms with Gasteiger partial charge in [0, 0.05) is 6.04 Å². The van der Waals surface area contributed by atoms with Gasteiger partial charge in [-0.2, -0.15) is 0 Å². The number of hydrogen-bond acceptors (Lipinski definition) is 3. The van der Waals surface area contributed by atoms with Gasteiger partial charge in [-0.15, -0.1) is 0 Å². The van der Waals surface area contributed by atoms with Crippen LogP contribution in [0.1, 0.15) is 36.2 Å². The molecule has 2 rings (SSSR count). The lowest BCUT2D eigenvalue weighted by Gasteiger charge is -2.14. The number of carbonyl (C=O) groups excluding carboxylic acids is 2. The monoisotopic (exact) mass is 340 g/mol. The summed E-state index contributed by atoms with van der Waals surface area (Å²) in [6.07, 6.45) is 1.07. The van der Waals surface area contributed by atoms with Crippen LogP contribution in [0, 0.1) is 0 Å². The van der Waals surface area contributed by atoms with Crippen LogP contribution in [0.25, 0.3) is 0 Å². The molecule has 0 aliphatic carbocycles. The van der Waals surface area contributed by atoms with Crippen LogP contribution in [0.5, 0.6) is 5.75 Å². The Morgan fingerprint density at radius 1 is 1.08 bits per heavy atom. The molecule has 2 amide bonds. The van der Waals surface area contributed by atoms with E-state index in [1.165, 1.54) is 0 Å². The number of para-hydroxylation sites is 1. The minimum Gasteiger partial charge on any atom is -0.497 e. The molecule has 0 spiro atoms. The van der Waals surface area contributed by atoms with Crippen LogP contribution in [0.3, 0.4) is 0 Å². The van der Waals surface area contributed by atoms with Crippen molar-refractivity contribution in [3.8, 4) is 5.75 Å². The smallest absolute Gasteiger partial charge is 0.253 e. The number of methoxy groups -OCH3 is 1. The molecule has 0 aliphatic rings. The van der Waals surface area contributed by atoms with Crippen molar-refractivity contribution in [2.24, 2.45) is 0 Å². The highest BCUT2D eigenvalue weighted by molar-refractivity contribution is 6.04. The molecule has 5 heteroatoms. The van der Waals surface area contributed by atoms with Crippen LogP contribution in [-0.2, 0) is 11.2 Å². The summed E-state index contributed by atoms with van der Waals surface area (Å²) in [5.41, 5.74) is 1.85. The summed E-state index contributed by atoms with van der Waals surface area (Å²) in [5, 5.41) is 5.75.